The van der Waals surface area contributed by atoms with E-state index in [9.17, 15) is 9.59 Å². The van der Waals surface area contributed by atoms with Crippen LogP contribution in [0, 0.1) is 0 Å². The van der Waals surface area contributed by atoms with E-state index >= 15 is 0 Å². The molecule has 1 saturated heterocycles. The van der Waals surface area contributed by atoms with Crippen molar-refractivity contribution in [1.29, 1.82) is 0 Å². The zero-order chi connectivity index (χ0) is 26.2. The van der Waals surface area contributed by atoms with E-state index in [0.717, 1.165) is 30.3 Å². The minimum absolute atomic E-state index is 0.0362. The molecule has 0 saturated carbocycles. The van der Waals surface area contributed by atoms with Crippen LogP contribution in [0.1, 0.15) is 55.2 Å². The standard InChI is InChI=1S/C27H31N5O5/c1-27(2,3)37-26(34)29-16-7-6-12-32(14-16)15-19-21(35-4)10-9-18-23(33)22(36-24(18)19)13-20-17-8-5-11-28-25(17)31-30-20/h5,8-11,13,16H,6-7,12,14-15H2,1-4H3,(H,29,34)(H,28,30,31)/b22-13-/t16-/m0/s1. The van der Waals surface area contributed by atoms with Gasteiger partial charge in [-0.3, -0.25) is 14.8 Å². The van der Waals surface area contributed by atoms with E-state index in [2.05, 4.69) is 25.4 Å². The topological polar surface area (TPSA) is 119 Å². The number of amides is 1. The molecule has 0 radical (unpaired) electrons. The third kappa shape index (κ3) is 5.29. The Morgan fingerprint density at radius 3 is 2.95 bits per heavy atom. The predicted octanol–water partition coefficient (Wildman–Crippen LogP) is 4.07. The molecule has 2 aliphatic heterocycles. The first kappa shape index (κ1) is 24.8. The van der Waals surface area contributed by atoms with Gasteiger partial charge in [0, 0.05) is 36.8 Å². The number of likely N-dealkylation sites (tertiary alicyclic amines) is 1. The fourth-order valence-corrected chi connectivity index (χ4v) is 4.75. The number of methoxy groups -OCH3 is 1. The monoisotopic (exact) mass is 505 g/mol. The molecule has 1 aromatic carbocycles. The number of ether oxygens (including phenoxy) is 3. The summed E-state index contributed by atoms with van der Waals surface area (Å²) in [5.74, 6) is 1.13. The molecule has 0 bridgehead atoms. The van der Waals surface area contributed by atoms with Crippen LogP contribution in [-0.2, 0) is 11.3 Å². The Balaban J connectivity index is 1.36. The third-order valence-corrected chi connectivity index (χ3v) is 6.36. The Morgan fingerprint density at radius 1 is 1.32 bits per heavy atom. The number of hydrogen-bond acceptors (Lipinski definition) is 8. The van der Waals surface area contributed by atoms with Gasteiger partial charge in [-0.15, -0.1) is 0 Å². The lowest BCUT2D eigenvalue weighted by Gasteiger charge is -2.34. The summed E-state index contributed by atoms with van der Waals surface area (Å²) in [5, 5.41) is 10.9. The van der Waals surface area contributed by atoms with Crippen molar-refractivity contribution in [2.45, 2.75) is 51.8 Å². The fourth-order valence-electron chi connectivity index (χ4n) is 4.75. The van der Waals surface area contributed by atoms with Crippen molar-refractivity contribution >= 4 is 29.0 Å². The molecule has 10 nitrogen and oxygen atoms in total. The van der Waals surface area contributed by atoms with Crippen LogP contribution in [0.15, 0.2) is 36.2 Å². The van der Waals surface area contributed by atoms with Gasteiger partial charge in [-0.1, -0.05) is 0 Å². The van der Waals surface area contributed by atoms with Crippen LogP contribution in [0.2, 0.25) is 0 Å². The van der Waals surface area contributed by atoms with E-state index in [-0.39, 0.29) is 17.6 Å². The lowest BCUT2D eigenvalue weighted by atomic mass is 10.0. The number of nitrogens with zero attached hydrogens (tertiary/aromatic N) is 3. The second kappa shape index (κ2) is 9.85. The van der Waals surface area contributed by atoms with Crippen molar-refractivity contribution in [3.63, 3.8) is 0 Å². The van der Waals surface area contributed by atoms with Gasteiger partial charge in [0.05, 0.1) is 23.9 Å². The van der Waals surface area contributed by atoms with Gasteiger partial charge in [0.1, 0.15) is 17.1 Å². The number of carbonyl (C=O) groups is 2. The van der Waals surface area contributed by atoms with Crippen molar-refractivity contribution in [3.8, 4) is 11.5 Å². The SMILES string of the molecule is COc1ccc2c(c1CN1CCC[C@H](NC(=O)OC(C)(C)C)C1)O/C(=C\c1n[nH]c3ncccc13)C2=O. The number of aromatic amines is 1. The maximum absolute atomic E-state index is 13.2. The highest BCUT2D eigenvalue weighted by Crippen LogP contribution is 2.41. The first-order valence-corrected chi connectivity index (χ1v) is 12.4. The number of pyridine rings is 1. The normalized spacial score (nSPS) is 19.1. The zero-order valence-corrected chi connectivity index (χ0v) is 21.5. The summed E-state index contributed by atoms with van der Waals surface area (Å²) in [6.45, 7) is 7.54. The van der Waals surface area contributed by atoms with E-state index < -0.39 is 11.7 Å². The minimum atomic E-state index is -0.551. The third-order valence-electron chi connectivity index (χ3n) is 6.36. The lowest BCUT2D eigenvalue weighted by Crippen LogP contribution is -2.48. The Hall–Kier alpha value is -3.92. The molecule has 5 rings (SSSR count). The molecule has 10 heteroatoms. The average Bonchev–Trinajstić information content (AvgIpc) is 3.40. The van der Waals surface area contributed by atoms with E-state index in [4.69, 9.17) is 14.2 Å². The number of benzene rings is 1. The number of H-pyrrole nitrogens is 1. The van der Waals surface area contributed by atoms with Crippen molar-refractivity contribution in [3.05, 3.63) is 53.0 Å². The number of allylic oxidation sites excluding steroid dienone is 1. The first-order chi connectivity index (χ1) is 17.7. The first-order valence-electron chi connectivity index (χ1n) is 12.4. The number of piperidine rings is 1. The highest BCUT2D eigenvalue weighted by molar-refractivity contribution is 6.15. The van der Waals surface area contributed by atoms with Gasteiger partial charge in [0.15, 0.2) is 11.4 Å². The molecule has 0 aliphatic carbocycles. The summed E-state index contributed by atoms with van der Waals surface area (Å²) in [5.41, 5.74) is 1.95. The van der Waals surface area contributed by atoms with Gasteiger partial charge in [-0.05, 0) is 64.4 Å². The Kier molecular flexibility index (Phi) is 6.59. The number of aromatic nitrogens is 3. The second-order valence-electron chi connectivity index (χ2n) is 10.3. The quantitative estimate of drug-likeness (QED) is 0.498. The van der Waals surface area contributed by atoms with Crippen LogP contribution in [0.4, 0.5) is 4.79 Å². The van der Waals surface area contributed by atoms with Crippen molar-refractivity contribution < 1.29 is 23.8 Å². The van der Waals surface area contributed by atoms with Crippen molar-refractivity contribution in [1.82, 2.24) is 25.4 Å². The smallest absolute Gasteiger partial charge is 0.407 e. The Morgan fingerprint density at radius 2 is 2.16 bits per heavy atom. The molecule has 1 atom stereocenters. The molecule has 2 N–H and O–H groups in total. The van der Waals surface area contributed by atoms with Crippen LogP contribution >= 0.6 is 0 Å². The highest BCUT2D eigenvalue weighted by atomic mass is 16.6. The summed E-state index contributed by atoms with van der Waals surface area (Å²) >= 11 is 0. The molecule has 0 spiro atoms. The van der Waals surface area contributed by atoms with Crippen LogP contribution in [0.5, 0.6) is 11.5 Å². The maximum Gasteiger partial charge on any atom is 0.407 e. The van der Waals surface area contributed by atoms with E-state index in [0.29, 0.717) is 41.5 Å². The zero-order valence-electron chi connectivity index (χ0n) is 21.5. The van der Waals surface area contributed by atoms with Crippen LogP contribution < -0.4 is 14.8 Å². The number of ketones is 1. The van der Waals surface area contributed by atoms with E-state index in [1.54, 1.807) is 31.5 Å². The highest BCUT2D eigenvalue weighted by Gasteiger charge is 2.33. The fraction of sp³-hybridized carbons (Fsp3) is 0.407. The Bertz CT molecular complexity index is 1370. The molecule has 3 aromatic rings. The largest absolute Gasteiger partial charge is 0.496 e. The summed E-state index contributed by atoms with van der Waals surface area (Å²) < 4.78 is 17.2. The maximum atomic E-state index is 13.2. The minimum Gasteiger partial charge on any atom is -0.496 e. The van der Waals surface area contributed by atoms with Crippen molar-refractivity contribution in [2.75, 3.05) is 20.2 Å². The van der Waals surface area contributed by atoms with Gasteiger partial charge in [0.25, 0.3) is 0 Å². The predicted molar refractivity (Wildman–Crippen MR) is 137 cm³/mol. The number of rotatable bonds is 5. The molecular weight excluding hydrogens is 474 g/mol. The number of carbonyl (C=O) groups excluding carboxylic acids is 2. The Labute approximate surface area is 215 Å². The molecular formula is C27H31N5O5. The number of fused-ring (bicyclic) bond motifs is 2. The lowest BCUT2D eigenvalue weighted by molar-refractivity contribution is 0.0469. The molecule has 2 aromatic heterocycles. The molecule has 37 heavy (non-hydrogen) atoms. The van der Waals surface area contributed by atoms with Gasteiger partial charge in [0.2, 0.25) is 5.78 Å². The molecule has 194 valence electrons. The molecule has 1 amide bonds. The summed E-state index contributed by atoms with van der Waals surface area (Å²) in [6.07, 6.45) is 4.69. The van der Waals surface area contributed by atoms with Gasteiger partial charge in [-0.2, -0.15) is 5.10 Å². The van der Waals surface area contributed by atoms with E-state index in [1.807, 2.05) is 32.9 Å². The average molecular weight is 506 g/mol. The number of nitrogens with one attached hydrogen (secondary N) is 2. The van der Waals surface area contributed by atoms with Gasteiger partial charge < -0.3 is 19.5 Å². The number of alkyl carbamates (subject to hydrolysis) is 1. The molecule has 2 aliphatic rings. The number of Topliss-reactive ketones (excluding diaryl/α,β-unsaturated/α-hetero) is 1. The molecule has 1 fully saturated rings. The van der Waals surface area contributed by atoms with Crippen LogP contribution in [-0.4, -0.2) is 63.8 Å². The van der Waals surface area contributed by atoms with E-state index in [1.165, 1.54) is 0 Å². The van der Waals surface area contributed by atoms with Crippen molar-refractivity contribution in [2.24, 2.45) is 0 Å². The second-order valence-corrected chi connectivity index (χ2v) is 10.3. The molecule has 0 unspecified atom stereocenters. The summed E-state index contributed by atoms with van der Waals surface area (Å²) in [4.78, 5) is 32.0. The van der Waals surface area contributed by atoms with Gasteiger partial charge in [-0.25, -0.2) is 9.78 Å². The van der Waals surface area contributed by atoms with Crippen LogP contribution in [0.3, 0.4) is 0 Å². The van der Waals surface area contributed by atoms with Gasteiger partial charge >= 0.3 is 6.09 Å². The number of hydrogen-bond donors (Lipinski definition) is 2. The summed E-state index contributed by atoms with van der Waals surface area (Å²) in [7, 11) is 1.60. The van der Waals surface area contributed by atoms with Crippen LogP contribution in [0.25, 0.3) is 17.1 Å². The molecule has 4 heterocycles. The summed E-state index contributed by atoms with van der Waals surface area (Å²) in [6, 6.07) is 7.20.